The summed E-state index contributed by atoms with van der Waals surface area (Å²) in [4.78, 5) is 26.8. The van der Waals surface area contributed by atoms with Gasteiger partial charge in [0.25, 0.3) is 5.91 Å². The van der Waals surface area contributed by atoms with Crippen LogP contribution in [0.5, 0.6) is 11.5 Å². The van der Waals surface area contributed by atoms with Gasteiger partial charge < -0.3 is 34.7 Å². The van der Waals surface area contributed by atoms with Gasteiger partial charge in [-0.25, -0.2) is 0 Å². The van der Waals surface area contributed by atoms with E-state index < -0.39 is 0 Å². The molecule has 0 bridgehead atoms. The number of morpholine rings is 1. The zero-order valence-electron chi connectivity index (χ0n) is 16.8. The number of benzene rings is 1. The first-order chi connectivity index (χ1) is 15.2. The highest BCUT2D eigenvalue weighted by Gasteiger charge is 2.29. The van der Waals surface area contributed by atoms with Crippen molar-refractivity contribution in [2.24, 2.45) is 0 Å². The van der Waals surface area contributed by atoms with Crippen LogP contribution in [0.4, 0.5) is 17.5 Å². The number of fused-ring (bicyclic) bond motifs is 2. The minimum Gasteiger partial charge on any atom is -0.453 e. The zero-order chi connectivity index (χ0) is 21.4. The number of aromatic amines is 1. The number of hydrogen-bond acceptors (Lipinski definition) is 8. The number of aromatic nitrogens is 3. The van der Waals surface area contributed by atoms with Gasteiger partial charge >= 0.3 is 0 Å². The molecular formula is C20H21ClN6O4. The van der Waals surface area contributed by atoms with Crippen LogP contribution >= 0.6 is 11.6 Å². The van der Waals surface area contributed by atoms with Crippen molar-refractivity contribution in [3.05, 3.63) is 28.9 Å². The summed E-state index contributed by atoms with van der Waals surface area (Å²) < 4.78 is 16.6. The first-order valence-corrected chi connectivity index (χ1v) is 10.4. The normalized spacial score (nSPS) is 15.4. The molecule has 2 aliphatic heterocycles. The number of hydrogen-bond donors (Lipinski definition) is 3. The first kappa shape index (κ1) is 19.7. The second kappa shape index (κ2) is 8.12. The Labute approximate surface area is 182 Å². The Balaban J connectivity index is 1.48. The highest BCUT2D eigenvalue weighted by Crippen LogP contribution is 2.43. The second-order valence-electron chi connectivity index (χ2n) is 7.04. The van der Waals surface area contributed by atoms with E-state index in [9.17, 15) is 4.79 Å². The van der Waals surface area contributed by atoms with Gasteiger partial charge in [-0.1, -0.05) is 11.6 Å². The largest absolute Gasteiger partial charge is 0.453 e. The fraction of sp³-hybridized carbons (Fsp3) is 0.350. The number of H-pyrrole nitrogens is 1. The molecule has 1 aromatic carbocycles. The topological polar surface area (TPSA) is 114 Å². The number of ether oxygens (including phenoxy) is 3. The lowest BCUT2D eigenvalue weighted by Gasteiger charge is -2.27. The number of carbonyl (C=O) groups excluding carboxylic acids is 1. The number of rotatable bonds is 5. The molecular weight excluding hydrogens is 424 g/mol. The molecule has 2 aromatic heterocycles. The van der Waals surface area contributed by atoms with Crippen LogP contribution in [0.1, 0.15) is 17.3 Å². The van der Waals surface area contributed by atoms with Crippen molar-refractivity contribution < 1.29 is 19.0 Å². The highest BCUT2D eigenvalue weighted by molar-refractivity contribution is 6.36. The van der Waals surface area contributed by atoms with Crippen molar-refractivity contribution in [2.45, 2.75) is 6.92 Å². The third-order valence-electron chi connectivity index (χ3n) is 5.12. The molecule has 3 aromatic rings. The molecule has 162 valence electrons. The van der Waals surface area contributed by atoms with E-state index in [0.717, 1.165) is 5.39 Å². The molecule has 0 radical (unpaired) electrons. The van der Waals surface area contributed by atoms with Crippen molar-refractivity contribution in [2.75, 3.05) is 50.3 Å². The van der Waals surface area contributed by atoms with Crippen LogP contribution in [0, 0.1) is 0 Å². The monoisotopic (exact) mass is 444 g/mol. The lowest BCUT2D eigenvalue weighted by Crippen LogP contribution is -2.40. The Morgan fingerprint density at radius 3 is 2.84 bits per heavy atom. The minimum atomic E-state index is -0.107. The van der Waals surface area contributed by atoms with Gasteiger partial charge in [-0.05, 0) is 19.1 Å². The number of nitrogens with zero attached hydrogens (tertiary/aromatic N) is 3. The Morgan fingerprint density at radius 1 is 1.23 bits per heavy atom. The number of amides is 1. The van der Waals surface area contributed by atoms with E-state index in [4.69, 9.17) is 25.8 Å². The summed E-state index contributed by atoms with van der Waals surface area (Å²) in [6, 6.07) is 3.49. The Hall–Kier alpha value is -3.24. The van der Waals surface area contributed by atoms with Gasteiger partial charge in [0.05, 0.1) is 34.9 Å². The van der Waals surface area contributed by atoms with Gasteiger partial charge in [-0.15, -0.1) is 0 Å². The van der Waals surface area contributed by atoms with Crippen molar-refractivity contribution >= 4 is 46.0 Å². The maximum Gasteiger partial charge on any atom is 0.257 e. The van der Waals surface area contributed by atoms with Crippen LogP contribution in [-0.4, -0.2) is 65.4 Å². The van der Waals surface area contributed by atoms with E-state index in [0.29, 0.717) is 78.0 Å². The third kappa shape index (κ3) is 3.57. The quantitative estimate of drug-likeness (QED) is 0.550. The molecule has 1 fully saturated rings. The molecule has 10 nitrogen and oxygen atoms in total. The third-order valence-corrected chi connectivity index (χ3v) is 5.42. The maximum absolute atomic E-state index is 13.0. The van der Waals surface area contributed by atoms with E-state index in [2.05, 4.69) is 25.6 Å². The average molecular weight is 445 g/mol. The van der Waals surface area contributed by atoms with Gasteiger partial charge in [0, 0.05) is 25.8 Å². The molecule has 1 amide bonds. The second-order valence-corrected chi connectivity index (χ2v) is 7.45. The van der Waals surface area contributed by atoms with E-state index in [1.807, 2.05) is 6.92 Å². The molecule has 1 saturated heterocycles. The molecule has 5 rings (SSSR count). The standard InChI is InChI=1S/C20H21ClN6O4/c1-2-22-17-14-12(21)9-23-18(14)26-20(25-17)24-13-4-3-11(15-16(13)31-10-30-15)19(28)27-5-7-29-8-6-27/h3-4,9H,2,5-8,10H2,1H3,(H3,22,23,24,25,26). The molecule has 0 aliphatic carbocycles. The summed E-state index contributed by atoms with van der Waals surface area (Å²) in [5, 5.41) is 7.65. The number of carbonyl (C=O) groups is 1. The van der Waals surface area contributed by atoms with Crippen molar-refractivity contribution in [1.29, 1.82) is 0 Å². The maximum atomic E-state index is 13.0. The van der Waals surface area contributed by atoms with E-state index in [1.54, 1.807) is 23.2 Å². The fourth-order valence-corrected chi connectivity index (χ4v) is 3.90. The van der Waals surface area contributed by atoms with Crippen LogP contribution in [0.2, 0.25) is 5.02 Å². The summed E-state index contributed by atoms with van der Waals surface area (Å²) in [5.41, 5.74) is 1.66. The van der Waals surface area contributed by atoms with Crippen LogP contribution in [0.3, 0.4) is 0 Å². The summed E-state index contributed by atoms with van der Waals surface area (Å²) in [5.74, 6) is 1.74. The molecule has 0 atom stereocenters. The van der Waals surface area contributed by atoms with Gasteiger partial charge in [0.1, 0.15) is 11.5 Å². The summed E-state index contributed by atoms with van der Waals surface area (Å²) in [6.07, 6.45) is 1.67. The van der Waals surface area contributed by atoms with Crippen LogP contribution < -0.4 is 20.1 Å². The molecule has 11 heteroatoms. The number of halogens is 1. The van der Waals surface area contributed by atoms with Crippen molar-refractivity contribution in [3.8, 4) is 11.5 Å². The molecule has 31 heavy (non-hydrogen) atoms. The number of anilines is 3. The lowest BCUT2D eigenvalue weighted by atomic mass is 10.1. The van der Waals surface area contributed by atoms with Crippen molar-refractivity contribution in [1.82, 2.24) is 19.9 Å². The van der Waals surface area contributed by atoms with Crippen LogP contribution in [0.25, 0.3) is 11.0 Å². The van der Waals surface area contributed by atoms with Crippen LogP contribution in [-0.2, 0) is 4.74 Å². The molecule has 3 N–H and O–H groups in total. The molecule has 0 saturated carbocycles. The SMILES string of the molecule is CCNc1nc(Nc2ccc(C(=O)N3CCOCC3)c3c2OCO3)nc2[nH]cc(Cl)c12. The van der Waals surface area contributed by atoms with Gasteiger partial charge in [-0.3, -0.25) is 4.79 Å². The highest BCUT2D eigenvalue weighted by atomic mass is 35.5. The van der Waals surface area contributed by atoms with Crippen LogP contribution in [0.15, 0.2) is 18.3 Å². The molecule has 2 aliphatic rings. The predicted molar refractivity (Wildman–Crippen MR) is 116 cm³/mol. The minimum absolute atomic E-state index is 0.0339. The lowest BCUT2D eigenvalue weighted by molar-refractivity contribution is 0.0300. The summed E-state index contributed by atoms with van der Waals surface area (Å²) in [6.45, 7) is 4.85. The van der Waals surface area contributed by atoms with E-state index in [1.165, 1.54) is 0 Å². The average Bonchev–Trinajstić information content (AvgIpc) is 3.42. The Kier molecular flexibility index (Phi) is 5.16. The van der Waals surface area contributed by atoms with E-state index >= 15 is 0 Å². The first-order valence-electron chi connectivity index (χ1n) is 10.0. The number of nitrogens with one attached hydrogen (secondary N) is 3. The van der Waals surface area contributed by atoms with E-state index in [-0.39, 0.29) is 12.7 Å². The fourth-order valence-electron chi connectivity index (χ4n) is 3.67. The predicted octanol–water partition coefficient (Wildman–Crippen LogP) is 2.99. The summed E-state index contributed by atoms with van der Waals surface area (Å²) in [7, 11) is 0. The zero-order valence-corrected chi connectivity index (χ0v) is 17.6. The van der Waals surface area contributed by atoms with Gasteiger partial charge in [0.15, 0.2) is 11.5 Å². The Bertz CT molecular complexity index is 1140. The molecule has 0 unspecified atom stereocenters. The van der Waals surface area contributed by atoms with Gasteiger partial charge in [-0.2, -0.15) is 9.97 Å². The molecule has 0 spiro atoms. The Morgan fingerprint density at radius 2 is 2.03 bits per heavy atom. The van der Waals surface area contributed by atoms with Crippen molar-refractivity contribution in [3.63, 3.8) is 0 Å². The smallest absolute Gasteiger partial charge is 0.257 e. The molecule has 4 heterocycles. The van der Waals surface area contributed by atoms with Gasteiger partial charge in [0.2, 0.25) is 12.7 Å². The summed E-state index contributed by atoms with van der Waals surface area (Å²) >= 11 is 6.26.